The summed E-state index contributed by atoms with van der Waals surface area (Å²) in [6.07, 6.45) is -0.931. The second-order valence-corrected chi connectivity index (χ2v) is 4.54. The Kier molecular flexibility index (Phi) is 8.29. The Hall–Kier alpha value is -1.18. The number of hydrogen-bond donors (Lipinski definition) is 3. The minimum atomic E-state index is -0.890. The van der Waals surface area contributed by atoms with Gasteiger partial charge in [-0.1, -0.05) is 6.92 Å². The first-order chi connectivity index (χ1) is 8.89. The molecule has 0 bridgehead atoms. The van der Waals surface area contributed by atoms with Crippen molar-refractivity contribution in [2.45, 2.75) is 32.8 Å². The van der Waals surface area contributed by atoms with Crippen LogP contribution in [0.5, 0.6) is 0 Å². The molecule has 1 atom stereocenters. The van der Waals surface area contributed by atoms with Crippen LogP contribution in [0.25, 0.3) is 0 Å². The molecule has 0 aliphatic rings. The standard InChI is InChI=1S/C12H22O7/c1-3-12(6-13,7-14)8-19-11(17)4-10(16)18-5-9(2)15/h9,13-15H,3-8H2,1-2H3. The van der Waals surface area contributed by atoms with Gasteiger partial charge in [-0.25, -0.2) is 0 Å². The minimum Gasteiger partial charge on any atom is -0.464 e. The lowest BCUT2D eigenvalue weighted by Gasteiger charge is -2.27. The van der Waals surface area contributed by atoms with Crippen molar-refractivity contribution in [2.75, 3.05) is 26.4 Å². The quantitative estimate of drug-likeness (QED) is 0.374. The number of hydrogen-bond acceptors (Lipinski definition) is 7. The zero-order chi connectivity index (χ0) is 14.9. The zero-order valence-corrected chi connectivity index (χ0v) is 11.3. The van der Waals surface area contributed by atoms with Crippen molar-refractivity contribution in [2.24, 2.45) is 5.41 Å². The number of esters is 2. The van der Waals surface area contributed by atoms with Gasteiger partial charge in [0.05, 0.1) is 24.7 Å². The van der Waals surface area contributed by atoms with Gasteiger partial charge in [-0.15, -0.1) is 0 Å². The first-order valence-corrected chi connectivity index (χ1v) is 6.10. The lowest BCUT2D eigenvalue weighted by atomic mass is 9.88. The van der Waals surface area contributed by atoms with Gasteiger partial charge in [0.25, 0.3) is 0 Å². The van der Waals surface area contributed by atoms with Gasteiger partial charge in [0.15, 0.2) is 0 Å². The Labute approximate surface area is 112 Å². The van der Waals surface area contributed by atoms with Gasteiger partial charge < -0.3 is 24.8 Å². The van der Waals surface area contributed by atoms with E-state index in [4.69, 9.17) is 20.1 Å². The first kappa shape index (κ1) is 17.8. The predicted octanol–water partition coefficient (Wildman–Crippen LogP) is -0.775. The molecule has 1 unspecified atom stereocenters. The van der Waals surface area contributed by atoms with Crippen molar-refractivity contribution >= 4 is 11.9 Å². The third-order valence-electron chi connectivity index (χ3n) is 2.73. The topological polar surface area (TPSA) is 113 Å². The summed E-state index contributed by atoms with van der Waals surface area (Å²) >= 11 is 0. The van der Waals surface area contributed by atoms with Gasteiger partial charge in [-0.05, 0) is 13.3 Å². The van der Waals surface area contributed by atoms with Crippen molar-refractivity contribution in [3.05, 3.63) is 0 Å². The summed E-state index contributed by atoms with van der Waals surface area (Å²) in [6, 6.07) is 0. The van der Waals surface area contributed by atoms with E-state index in [0.717, 1.165) is 0 Å². The van der Waals surface area contributed by atoms with Gasteiger partial charge in [-0.3, -0.25) is 9.59 Å². The van der Waals surface area contributed by atoms with Crippen LogP contribution in [0.1, 0.15) is 26.7 Å². The van der Waals surface area contributed by atoms with Gasteiger partial charge >= 0.3 is 11.9 Å². The van der Waals surface area contributed by atoms with E-state index in [-0.39, 0.29) is 26.4 Å². The zero-order valence-electron chi connectivity index (χ0n) is 11.3. The van der Waals surface area contributed by atoms with E-state index in [1.165, 1.54) is 6.92 Å². The molecule has 7 heteroatoms. The summed E-state index contributed by atoms with van der Waals surface area (Å²) in [6.45, 7) is 2.21. The molecule has 112 valence electrons. The van der Waals surface area contributed by atoms with Crippen LogP contribution in [0.15, 0.2) is 0 Å². The summed E-state index contributed by atoms with van der Waals surface area (Å²) in [5.74, 6) is -1.59. The molecule has 0 amide bonds. The Morgan fingerprint density at radius 3 is 2.11 bits per heavy atom. The Balaban J connectivity index is 4.07. The lowest BCUT2D eigenvalue weighted by molar-refractivity contribution is -0.159. The molecule has 0 aliphatic carbocycles. The average Bonchev–Trinajstić information content (AvgIpc) is 2.38. The maximum absolute atomic E-state index is 11.3. The predicted molar refractivity (Wildman–Crippen MR) is 65.1 cm³/mol. The van der Waals surface area contributed by atoms with E-state index < -0.39 is 29.9 Å². The van der Waals surface area contributed by atoms with E-state index in [2.05, 4.69) is 4.74 Å². The summed E-state index contributed by atoms with van der Waals surface area (Å²) < 4.78 is 9.43. The number of carbonyl (C=O) groups excluding carboxylic acids is 2. The second-order valence-electron chi connectivity index (χ2n) is 4.54. The third-order valence-corrected chi connectivity index (χ3v) is 2.73. The minimum absolute atomic E-state index is 0.168. The average molecular weight is 278 g/mol. The van der Waals surface area contributed by atoms with Crippen molar-refractivity contribution in [1.82, 2.24) is 0 Å². The number of aliphatic hydroxyl groups is 3. The van der Waals surface area contributed by atoms with Crippen LogP contribution in [0.3, 0.4) is 0 Å². The maximum atomic E-state index is 11.3. The molecule has 0 aliphatic heterocycles. The monoisotopic (exact) mass is 278 g/mol. The van der Waals surface area contributed by atoms with Gasteiger partial charge in [0.2, 0.25) is 0 Å². The molecule has 0 saturated heterocycles. The van der Waals surface area contributed by atoms with E-state index in [1.54, 1.807) is 6.92 Å². The fraction of sp³-hybridized carbons (Fsp3) is 0.833. The van der Waals surface area contributed by atoms with Crippen LogP contribution < -0.4 is 0 Å². The summed E-state index contributed by atoms with van der Waals surface area (Å²) in [5.41, 5.74) is -0.890. The third kappa shape index (κ3) is 7.09. The Bertz CT molecular complexity index is 276. The highest BCUT2D eigenvalue weighted by Crippen LogP contribution is 2.20. The van der Waals surface area contributed by atoms with Crippen molar-refractivity contribution in [3.8, 4) is 0 Å². The highest BCUT2D eigenvalue weighted by atomic mass is 16.6. The van der Waals surface area contributed by atoms with Crippen LogP contribution in [-0.4, -0.2) is 59.8 Å². The molecule has 0 saturated carbocycles. The molecule has 0 fully saturated rings. The fourth-order valence-electron chi connectivity index (χ4n) is 1.13. The Morgan fingerprint density at radius 2 is 1.68 bits per heavy atom. The van der Waals surface area contributed by atoms with Crippen LogP contribution in [0, 0.1) is 5.41 Å². The Morgan fingerprint density at radius 1 is 1.16 bits per heavy atom. The molecule has 0 heterocycles. The summed E-state index contributed by atoms with van der Waals surface area (Å²) in [4.78, 5) is 22.5. The number of rotatable bonds is 9. The largest absolute Gasteiger partial charge is 0.464 e. The molecular formula is C12H22O7. The molecule has 0 radical (unpaired) electrons. The van der Waals surface area contributed by atoms with E-state index in [1.807, 2.05) is 0 Å². The molecule has 19 heavy (non-hydrogen) atoms. The summed E-state index contributed by atoms with van der Waals surface area (Å²) in [5, 5.41) is 27.2. The van der Waals surface area contributed by atoms with Crippen LogP contribution >= 0.6 is 0 Å². The van der Waals surface area contributed by atoms with E-state index in [9.17, 15) is 9.59 Å². The van der Waals surface area contributed by atoms with Crippen molar-refractivity contribution < 1.29 is 34.4 Å². The van der Waals surface area contributed by atoms with Crippen LogP contribution in [0.2, 0.25) is 0 Å². The number of carbonyl (C=O) groups is 2. The number of ether oxygens (including phenoxy) is 2. The van der Waals surface area contributed by atoms with Gasteiger partial charge in [0, 0.05) is 0 Å². The molecule has 0 rings (SSSR count). The maximum Gasteiger partial charge on any atom is 0.317 e. The highest BCUT2D eigenvalue weighted by Gasteiger charge is 2.29. The van der Waals surface area contributed by atoms with E-state index >= 15 is 0 Å². The molecule has 0 aromatic rings. The molecule has 7 nitrogen and oxygen atoms in total. The summed E-state index contributed by atoms with van der Waals surface area (Å²) in [7, 11) is 0. The highest BCUT2D eigenvalue weighted by molar-refractivity contribution is 5.91. The molecular weight excluding hydrogens is 256 g/mol. The smallest absolute Gasteiger partial charge is 0.317 e. The van der Waals surface area contributed by atoms with Gasteiger partial charge in [0.1, 0.15) is 19.6 Å². The second kappa shape index (κ2) is 8.84. The first-order valence-electron chi connectivity index (χ1n) is 6.10. The fourth-order valence-corrected chi connectivity index (χ4v) is 1.13. The SMILES string of the molecule is CCC(CO)(CO)COC(=O)CC(=O)OCC(C)O. The van der Waals surface area contributed by atoms with Crippen molar-refractivity contribution in [1.29, 1.82) is 0 Å². The van der Waals surface area contributed by atoms with Crippen molar-refractivity contribution in [3.63, 3.8) is 0 Å². The molecule has 0 spiro atoms. The molecule has 0 aromatic carbocycles. The van der Waals surface area contributed by atoms with Gasteiger partial charge in [-0.2, -0.15) is 0 Å². The van der Waals surface area contributed by atoms with Crippen LogP contribution in [0.4, 0.5) is 0 Å². The van der Waals surface area contributed by atoms with E-state index in [0.29, 0.717) is 6.42 Å². The lowest BCUT2D eigenvalue weighted by Crippen LogP contribution is -2.35. The van der Waals surface area contributed by atoms with Crippen LogP contribution in [-0.2, 0) is 19.1 Å². The number of aliphatic hydroxyl groups excluding tert-OH is 3. The molecule has 0 aromatic heterocycles. The normalized spacial score (nSPS) is 12.9. The molecule has 3 N–H and O–H groups in total.